The molecule has 218 valence electrons. The Labute approximate surface area is 243 Å². The number of methoxy groups -OCH3 is 1. The smallest absolute Gasteiger partial charge is 0.264 e. The largest absolute Gasteiger partial charge is 0.497 e. The number of carbonyl (C=O) groups excluding carboxylic acids is 2. The van der Waals surface area contributed by atoms with Crippen molar-refractivity contribution in [3.63, 3.8) is 0 Å². The number of sulfonamides is 1. The van der Waals surface area contributed by atoms with Crippen LogP contribution in [0.3, 0.4) is 0 Å². The van der Waals surface area contributed by atoms with Crippen molar-refractivity contribution in [3.8, 4) is 5.75 Å². The van der Waals surface area contributed by atoms with Gasteiger partial charge < -0.3 is 15.0 Å². The summed E-state index contributed by atoms with van der Waals surface area (Å²) >= 11 is 0. The molecule has 0 saturated heterocycles. The molecule has 3 aromatic rings. The first-order chi connectivity index (χ1) is 19.6. The van der Waals surface area contributed by atoms with E-state index in [4.69, 9.17) is 4.74 Å². The summed E-state index contributed by atoms with van der Waals surface area (Å²) < 4.78 is 34.2. The topological polar surface area (TPSA) is 96.0 Å². The van der Waals surface area contributed by atoms with Gasteiger partial charge in [0, 0.05) is 12.6 Å². The van der Waals surface area contributed by atoms with E-state index in [1.807, 2.05) is 38.1 Å². The van der Waals surface area contributed by atoms with E-state index in [0.717, 1.165) is 46.7 Å². The molecule has 0 aromatic heterocycles. The number of benzene rings is 3. The van der Waals surface area contributed by atoms with Gasteiger partial charge >= 0.3 is 0 Å². The molecule has 4 rings (SSSR count). The Morgan fingerprint density at radius 2 is 1.59 bits per heavy atom. The number of hydrogen-bond donors (Lipinski definition) is 1. The van der Waals surface area contributed by atoms with Crippen LogP contribution in [0.25, 0.3) is 0 Å². The van der Waals surface area contributed by atoms with E-state index in [2.05, 4.69) is 5.32 Å². The zero-order valence-corrected chi connectivity index (χ0v) is 25.0. The van der Waals surface area contributed by atoms with Gasteiger partial charge in [-0.3, -0.25) is 13.9 Å². The SMILES string of the molecule is COc1ccc(S(=O)(=O)N(CC(=O)N(Cc2ccccc2C)[C@H](C)C(=O)NC2CCCC2)c2ccc(C)cc2)cc1. The Morgan fingerprint density at radius 1 is 0.951 bits per heavy atom. The van der Waals surface area contributed by atoms with Gasteiger partial charge in [0.1, 0.15) is 18.3 Å². The molecule has 0 heterocycles. The Morgan fingerprint density at radius 3 is 2.20 bits per heavy atom. The predicted octanol–water partition coefficient (Wildman–Crippen LogP) is 4.98. The van der Waals surface area contributed by atoms with Gasteiger partial charge in [0.05, 0.1) is 17.7 Å². The summed E-state index contributed by atoms with van der Waals surface area (Å²) in [5.74, 6) is -0.188. The van der Waals surface area contributed by atoms with Crippen LogP contribution in [0.2, 0.25) is 0 Å². The molecule has 0 unspecified atom stereocenters. The summed E-state index contributed by atoms with van der Waals surface area (Å²) in [6.07, 6.45) is 3.98. The lowest BCUT2D eigenvalue weighted by atomic mass is 10.1. The maximum absolute atomic E-state index is 14.1. The molecular weight excluding hydrogens is 538 g/mol. The molecule has 0 radical (unpaired) electrons. The van der Waals surface area contributed by atoms with E-state index in [0.29, 0.717) is 11.4 Å². The number of carbonyl (C=O) groups is 2. The zero-order valence-electron chi connectivity index (χ0n) is 24.2. The molecule has 2 amide bonds. The predicted molar refractivity (Wildman–Crippen MR) is 160 cm³/mol. The standard InChI is InChI=1S/C32H39N3O5S/c1-23-13-15-28(16-14-23)35(41(38,39)30-19-17-29(40-4)18-20-30)22-31(36)34(21-26-10-6-5-9-24(26)2)25(3)32(37)33-27-11-7-8-12-27/h5-6,9-10,13-20,25,27H,7-8,11-12,21-22H2,1-4H3,(H,33,37)/t25-/m1/s1. The van der Waals surface area contributed by atoms with Gasteiger partial charge in [-0.1, -0.05) is 54.8 Å². The van der Waals surface area contributed by atoms with Crippen LogP contribution < -0.4 is 14.4 Å². The fourth-order valence-electron chi connectivity index (χ4n) is 5.06. The van der Waals surface area contributed by atoms with Crippen LogP contribution in [-0.2, 0) is 26.2 Å². The minimum absolute atomic E-state index is 0.0316. The van der Waals surface area contributed by atoms with Gasteiger partial charge in [0.25, 0.3) is 10.0 Å². The normalized spacial score (nSPS) is 14.3. The van der Waals surface area contributed by atoms with Gasteiger partial charge in [-0.2, -0.15) is 0 Å². The summed E-state index contributed by atoms with van der Waals surface area (Å²) in [5.41, 5.74) is 3.19. The molecule has 41 heavy (non-hydrogen) atoms. The zero-order chi connectivity index (χ0) is 29.6. The number of nitrogens with one attached hydrogen (secondary N) is 1. The Balaban J connectivity index is 1.69. The van der Waals surface area contributed by atoms with Gasteiger partial charge in [-0.05, 0) is 81.1 Å². The fourth-order valence-corrected chi connectivity index (χ4v) is 6.47. The Kier molecular flexibility index (Phi) is 9.70. The molecule has 1 aliphatic rings. The number of nitrogens with zero attached hydrogens (tertiary/aromatic N) is 2. The summed E-state index contributed by atoms with van der Waals surface area (Å²) in [6, 6.07) is 20.0. The van der Waals surface area contributed by atoms with Crippen molar-refractivity contribution in [3.05, 3.63) is 89.5 Å². The van der Waals surface area contributed by atoms with Crippen molar-refractivity contribution < 1.29 is 22.7 Å². The Hall–Kier alpha value is -3.85. The third kappa shape index (κ3) is 7.27. The van der Waals surface area contributed by atoms with Crippen molar-refractivity contribution in [1.82, 2.24) is 10.2 Å². The van der Waals surface area contributed by atoms with Gasteiger partial charge in [-0.15, -0.1) is 0 Å². The lowest BCUT2D eigenvalue weighted by molar-refractivity contribution is -0.139. The van der Waals surface area contributed by atoms with Crippen LogP contribution in [0, 0.1) is 13.8 Å². The first kappa shape index (κ1) is 30.1. The van der Waals surface area contributed by atoms with Crippen molar-refractivity contribution in [2.75, 3.05) is 18.0 Å². The minimum Gasteiger partial charge on any atom is -0.497 e. The van der Waals surface area contributed by atoms with E-state index in [9.17, 15) is 18.0 Å². The molecule has 1 N–H and O–H groups in total. The highest BCUT2D eigenvalue weighted by Gasteiger charge is 2.33. The highest BCUT2D eigenvalue weighted by atomic mass is 32.2. The first-order valence-electron chi connectivity index (χ1n) is 14.0. The summed E-state index contributed by atoms with van der Waals surface area (Å²) in [6.45, 7) is 5.27. The van der Waals surface area contributed by atoms with Crippen LogP contribution in [0.15, 0.2) is 77.7 Å². The second-order valence-electron chi connectivity index (χ2n) is 10.6. The molecule has 3 aromatic carbocycles. The lowest BCUT2D eigenvalue weighted by Gasteiger charge is -2.33. The summed E-state index contributed by atoms with van der Waals surface area (Å²) in [5, 5.41) is 3.10. The number of aryl methyl sites for hydroxylation is 2. The number of amides is 2. The maximum atomic E-state index is 14.1. The van der Waals surface area contributed by atoms with E-state index >= 15 is 0 Å². The lowest BCUT2D eigenvalue weighted by Crippen LogP contribution is -2.52. The Bertz CT molecular complexity index is 1450. The molecule has 1 atom stereocenters. The highest BCUT2D eigenvalue weighted by Crippen LogP contribution is 2.27. The molecule has 8 nitrogen and oxygen atoms in total. The van der Waals surface area contributed by atoms with E-state index < -0.39 is 28.5 Å². The van der Waals surface area contributed by atoms with E-state index in [-0.39, 0.29) is 23.4 Å². The third-order valence-corrected chi connectivity index (χ3v) is 9.51. The van der Waals surface area contributed by atoms with Crippen LogP contribution in [0.4, 0.5) is 5.69 Å². The summed E-state index contributed by atoms with van der Waals surface area (Å²) in [7, 11) is -2.63. The van der Waals surface area contributed by atoms with Gasteiger partial charge in [0.2, 0.25) is 11.8 Å². The van der Waals surface area contributed by atoms with Gasteiger partial charge in [-0.25, -0.2) is 8.42 Å². The monoisotopic (exact) mass is 577 g/mol. The molecule has 0 spiro atoms. The fraction of sp³-hybridized carbons (Fsp3) is 0.375. The molecular formula is C32H39N3O5S. The highest BCUT2D eigenvalue weighted by molar-refractivity contribution is 7.92. The average Bonchev–Trinajstić information content (AvgIpc) is 3.48. The van der Waals surface area contributed by atoms with Crippen molar-refractivity contribution in [2.24, 2.45) is 0 Å². The second-order valence-corrected chi connectivity index (χ2v) is 12.5. The first-order valence-corrected chi connectivity index (χ1v) is 15.4. The van der Waals surface area contributed by atoms with Crippen molar-refractivity contribution in [1.29, 1.82) is 0 Å². The quantitative estimate of drug-likeness (QED) is 0.347. The summed E-state index contributed by atoms with van der Waals surface area (Å²) in [4.78, 5) is 28.9. The van der Waals surface area contributed by atoms with Crippen LogP contribution in [-0.4, -0.2) is 50.9 Å². The molecule has 0 bridgehead atoms. The van der Waals surface area contributed by atoms with Gasteiger partial charge in [0.15, 0.2) is 0 Å². The van der Waals surface area contributed by atoms with E-state index in [1.165, 1.54) is 24.1 Å². The average molecular weight is 578 g/mol. The molecule has 1 saturated carbocycles. The van der Waals surface area contributed by atoms with Crippen molar-refractivity contribution >= 4 is 27.5 Å². The molecule has 1 fully saturated rings. The van der Waals surface area contributed by atoms with Crippen LogP contribution >= 0.6 is 0 Å². The number of rotatable bonds is 11. The molecule has 0 aliphatic heterocycles. The minimum atomic E-state index is -4.14. The van der Waals surface area contributed by atoms with Crippen LogP contribution in [0.5, 0.6) is 5.75 Å². The number of ether oxygens (including phenoxy) is 1. The third-order valence-electron chi connectivity index (χ3n) is 7.72. The van der Waals surface area contributed by atoms with Crippen molar-refractivity contribution in [2.45, 2.75) is 70.0 Å². The molecule has 1 aliphatic carbocycles. The maximum Gasteiger partial charge on any atom is 0.264 e. The second kappa shape index (κ2) is 13.2. The van der Waals surface area contributed by atoms with E-state index in [1.54, 1.807) is 43.3 Å². The number of hydrogen-bond acceptors (Lipinski definition) is 5. The number of anilines is 1. The molecule has 9 heteroatoms. The van der Waals surface area contributed by atoms with Crippen LogP contribution in [0.1, 0.15) is 49.3 Å².